The van der Waals surface area contributed by atoms with Crippen molar-refractivity contribution in [1.29, 1.82) is 0 Å². The second-order valence-corrected chi connectivity index (χ2v) is 6.13. The molecule has 2 aliphatic rings. The molecule has 1 aromatic rings. The lowest BCUT2D eigenvalue weighted by Crippen LogP contribution is -2.53. The van der Waals surface area contributed by atoms with E-state index in [0.717, 1.165) is 5.56 Å². The Morgan fingerprint density at radius 3 is 2.88 bits per heavy atom. The van der Waals surface area contributed by atoms with E-state index in [-0.39, 0.29) is 18.4 Å². The maximum absolute atomic E-state index is 11.4. The van der Waals surface area contributed by atoms with Crippen molar-refractivity contribution in [1.82, 2.24) is 5.32 Å². The molecule has 0 aromatic heterocycles. The van der Waals surface area contributed by atoms with Gasteiger partial charge in [0.2, 0.25) is 5.72 Å². The molecule has 1 spiro atoms. The smallest absolute Gasteiger partial charge is 0.330 e. The predicted octanol–water partition coefficient (Wildman–Crippen LogP) is 0.662. The highest BCUT2D eigenvalue weighted by atomic mass is 32.1. The van der Waals surface area contributed by atoms with E-state index in [1.54, 1.807) is 0 Å². The number of benzene rings is 1. The van der Waals surface area contributed by atoms with Crippen molar-refractivity contribution in [3.8, 4) is 0 Å². The van der Waals surface area contributed by atoms with Gasteiger partial charge in [-0.2, -0.15) is 0 Å². The zero-order valence-electron chi connectivity index (χ0n) is 13.6. The first-order chi connectivity index (χ1) is 12.0. The molecule has 7 nitrogen and oxygen atoms in total. The molecule has 8 heteroatoms. The van der Waals surface area contributed by atoms with Gasteiger partial charge in [-0.1, -0.05) is 30.3 Å². The van der Waals surface area contributed by atoms with Crippen molar-refractivity contribution in [3.05, 3.63) is 48.0 Å². The molecule has 3 rings (SSSR count). The molecule has 2 fully saturated rings. The van der Waals surface area contributed by atoms with E-state index >= 15 is 0 Å². The topological polar surface area (TPSA) is 86.3 Å². The number of aliphatic hydroxyl groups excluding tert-OH is 1. The standard InChI is InChI=1S/C17H19NO6S/c1-21-13(19)8-7-12-14(22-9-11-5-3-2-4-6-11)15(20)17(24-12)10-23-16(25)18-17/h2-8,12,14-15,20H,9-10H2,1H3,(H,18,25)/b8-7+/t12-,14-,15-,17-/m0/s1. The zero-order chi connectivity index (χ0) is 17.9. The summed E-state index contributed by atoms with van der Waals surface area (Å²) in [6.45, 7) is 0.344. The first-order valence-electron chi connectivity index (χ1n) is 7.76. The Kier molecular flexibility index (Phi) is 5.33. The summed E-state index contributed by atoms with van der Waals surface area (Å²) in [5, 5.41) is 13.7. The Morgan fingerprint density at radius 1 is 1.48 bits per heavy atom. The van der Waals surface area contributed by atoms with Crippen LogP contribution in [0.1, 0.15) is 5.56 Å². The molecule has 0 unspecified atom stereocenters. The normalized spacial score (nSPS) is 31.3. The SMILES string of the molecule is COC(=O)/C=C/[C@@H]1O[C@@]2(COC(=S)N2)[C@@H](O)[C@H]1OCc1ccccc1. The molecule has 134 valence electrons. The molecule has 0 radical (unpaired) electrons. The lowest BCUT2D eigenvalue weighted by atomic mass is 10.0. The van der Waals surface area contributed by atoms with Crippen molar-refractivity contribution in [2.45, 2.75) is 30.6 Å². The van der Waals surface area contributed by atoms with Crippen LogP contribution >= 0.6 is 12.2 Å². The molecular weight excluding hydrogens is 346 g/mol. The number of nitrogens with one attached hydrogen (secondary N) is 1. The number of rotatable bonds is 5. The number of hydrogen-bond acceptors (Lipinski definition) is 7. The van der Waals surface area contributed by atoms with Crippen LogP contribution in [0.4, 0.5) is 0 Å². The minimum absolute atomic E-state index is 0.0563. The lowest BCUT2D eigenvalue weighted by molar-refractivity contribution is -0.135. The Hall–Kier alpha value is -2.00. The summed E-state index contributed by atoms with van der Waals surface area (Å²) in [5.74, 6) is -0.521. The largest absolute Gasteiger partial charge is 0.466 e. The summed E-state index contributed by atoms with van der Waals surface area (Å²) < 4.78 is 21.6. The van der Waals surface area contributed by atoms with E-state index in [4.69, 9.17) is 26.4 Å². The Labute approximate surface area is 150 Å². The van der Waals surface area contributed by atoms with Gasteiger partial charge < -0.3 is 29.4 Å². The van der Waals surface area contributed by atoms with Gasteiger partial charge in [0.25, 0.3) is 5.17 Å². The number of ether oxygens (including phenoxy) is 4. The van der Waals surface area contributed by atoms with Crippen LogP contribution in [0.3, 0.4) is 0 Å². The Balaban J connectivity index is 1.76. The van der Waals surface area contributed by atoms with Crippen LogP contribution in [0.15, 0.2) is 42.5 Å². The van der Waals surface area contributed by atoms with Crippen LogP contribution in [0, 0.1) is 0 Å². The molecule has 0 aliphatic carbocycles. The monoisotopic (exact) mass is 365 g/mol. The van der Waals surface area contributed by atoms with Gasteiger partial charge in [-0.25, -0.2) is 4.79 Å². The summed E-state index contributed by atoms with van der Waals surface area (Å²) in [7, 11) is 1.28. The molecule has 0 saturated carbocycles. The fourth-order valence-corrected chi connectivity index (χ4v) is 3.04. The summed E-state index contributed by atoms with van der Waals surface area (Å²) in [6, 6.07) is 9.56. The summed E-state index contributed by atoms with van der Waals surface area (Å²) in [4.78, 5) is 11.4. The molecule has 2 N–H and O–H groups in total. The third-order valence-electron chi connectivity index (χ3n) is 4.10. The van der Waals surface area contributed by atoms with Gasteiger partial charge >= 0.3 is 5.97 Å². The van der Waals surface area contributed by atoms with Crippen LogP contribution in [-0.4, -0.2) is 54.0 Å². The highest BCUT2D eigenvalue weighted by Crippen LogP contribution is 2.35. The molecule has 0 amide bonds. The third-order valence-corrected chi connectivity index (χ3v) is 4.32. The van der Waals surface area contributed by atoms with Gasteiger partial charge in [0, 0.05) is 6.08 Å². The van der Waals surface area contributed by atoms with Gasteiger partial charge in [0.15, 0.2) is 0 Å². The Bertz CT molecular complexity index is 666. The van der Waals surface area contributed by atoms with Gasteiger partial charge in [0.05, 0.1) is 13.7 Å². The number of methoxy groups -OCH3 is 1. The number of carbonyl (C=O) groups is 1. The highest BCUT2D eigenvalue weighted by Gasteiger charge is 2.58. The van der Waals surface area contributed by atoms with Crippen molar-refractivity contribution in [3.63, 3.8) is 0 Å². The average Bonchev–Trinajstić information content (AvgIpc) is 3.12. The Morgan fingerprint density at radius 2 is 2.24 bits per heavy atom. The quantitative estimate of drug-likeness (QED) is 0.447. The fraction of sp³-hybridized carbons (Fsp3) is 0.412. The lowest BCUT2D eigenvalue weighted by Gasteiger charge is -2.25. The number of thiocarbonyl (C=S) groups is 1. The number of hydrogen-bond donors (Lipinski definition) is 2. The van der Waals surface area contributed by atoms with Crippen molar-refractivity contribution in [2.24, 2.45) is 0 Å². The van der Waals surface area contributed by atoms with E-state index in [1.165, 1.54) is 19.3 Å². The minimum atomic E-state index is -1.19. The van der Waals surface area contributed by atoms with Gasteiger partial charge in [0.1, 0.15) is 24.9 Å². The van der Waals surface area contributed by atoms with Crippen LogP contribution in [0.5, 0.6) is 0 Å². The van der Waals surface area contributed by atoms with Gasteiger partial charge in [-0.05, 0) is 23.9 Å². The predicted molar refractivity (Wildman–Crippen MR) is 91.5 cm³/mol. The summed E-state index contributed by atoms with van der Waals surface area (Å²) in [6.07, 6.45) is 0.322. The van der Waals surface area contributed by atoms with E-state index < -0.39 is 30.0 Å². The molecule has 2 saturated heterocycles. The molecule has 2 heterocycles. The van der Waals surface area contributed by atoms with Gasteiger partial charge in [-0.15, -0.1) is 0 Å². The molecule has 1 aromatic carbocycles. The van der Waals surface area contributed by atoms with Crippen molar-refractivity contribution < 1.29 is 28.8 Å². The van der Waals surface area contributed by atoms with E-state index in [1.807, 2.05) is 30.3 Å². The summed E-state index contributed by atoms with van der Waals surface area (Å²) in [5.41, 5.74) is -0.235. The van der Waals surface area contributed by atoms with Crippen molar-refractivity contribution in [2.75, 3.05) is 13.7 Å². The molecule has 25 heavy (non-hydrogen) atoms. The minimum Gasteiger partial charge on any atom is -0.466 e. The second kappa shape index (κ2) is 7.49. The molecular formula is C17H19NO6S. The first kappa shape index (κ1) is 17.8. The van der Waals surface area contributed by atoms with E-state index in [0.29, 0.717) is 0 Å². The molecule has 4 atom stereocenters. The van der Waals surface area contributed by atoms with Crippen LogP contribution in [-0.2, 0) is 30.3 Å². The zero-order valence-corrected chi connectivity index (χ0v) is 14.4. The maximum atomic E-state index is 11.4. The van der Waals surface area contributed by atoms with Crippen molar-refractivity contribution >= 4 is 23.4 Å². The van der Waals surface area contributed by atoms with Crippen LogP contribution in [0.2, 0.25) is 0 Å². The first-order valence-corrected chi connectivity index (χ1v) is 8.17. The average molecular weight is 365 g/mol. The summed E-state index contributed by atoms with van der Waals surface area (Å²) >= 11 is 4.97. The highest BCUT2D eigenvalue weighted by molar-refractivity contribution is 7.80. The molecule has 0 bridgehead atoms. The number of aliphatic hydroxyl groups is 1. The third kappa shape index (κ3) is 3.82. The number of carbonyl (C=O) groups excluding carboxylic acids is 1. The van der Waals surface area contributed by atoms with Gasteiger partial charge in [-0.3, -0.25) is 0 Å². The molecule has 2 aliphatic heterocycles. The van der Waals surface area contributed by atoms with Crippen LogP contribution in [0.25, 0.3) is 0 Å². The van der Waals surface area contributed by atoms with E-state index in [9.17, 15) is 9.90 Å². The van der Waals surface area contributed by atoms with Crippen LogP contribution < -0.4 is 5.32 Å². The van der Waals surface area contributed by atoms with E-state index in [2.05, 4.69) is 10.1 Å². The fourth-order valence-electron chi connectivity index (χ4n) is 2.81. The maximum Gasteiger partial charge on any atom is 0.330 e. The second-order valence-electron chi connectivity index (χ2n) is 5.76. The number of esters is 1.